The van der Waals surface area contributed by atoms with Crippen LogP contribution in [-0.2, 0) is 9.59 Å². The van der Waals surface area contributed by atoms with Crippen LogP contribution in [0.2, 0.25) is 0 Å². The molecule has 1 N–H and O–H groups in total. The SMILES string of the molecule is CCN(CC)c1ccc(/C=N\N=C2/NC(=O)[C@@H](CC(=O)[O-])S2)cc1. The summed E-state index contributed by atoms with van der Waals surface area (Å²) in [6.45, 7) is 6.11. The maximum Gasteiger partial charge on any atom is 0.239 e. The Bertz CT molecular complexity index is 654. The number of aliphatic carboxylic acids is 1. The molecule has 0 radical (unpaired) electrons. The summed E-state index contributed by atoms with van der Waals surface area (Å²) in [4.78, 5) is 24.3. The number of hydrogen-bond acceptors (Lipinski definition) is 7. The summed E-state index contributed by atoms with van der Waals surface area (Å²) in [6, 6.07) is 7.92. The molecule has 24 heavy (non-hydrogen) atoms. The number of carbonyl (C=O) groups is 2. The number of carboxylic acids is 1. The van der Waals surface area contributed by atoms with Gasteiger partial charge >= 0.3 is 0 Å². The number of carbonyl (C=O) groups excluding carboxylic acids is 2. The summed E-state index contributed by atoms with van der Waals surface area (Å²) in [7, 11) is 0. The quantitative estimate of drug-likeness (QED) is 0.575. The lowest BCUT2D eigenvalue weighted by atomic mass is 10.2. The molecule has 1 fully saturated rings. The van der Waals surface area contributed by atoms with Gasteiger partial charge in [-0.3, -0.25) is 4.79 Å². The minimum Gasteiger partial charge on any atom is -0.550 e. The molecule has 8 heteroatoms. The molecular weight excluding hydrogens is 328 g/mol. The molecule has 7 nitrogen and oxygen atoms in total. The third kappa shape index (κ3) is 4.82. The molecule has 1 saturated heterocycles. The van der Waals surface area contributed by atoms with Gasteiger partial charge in [-0.25, -0.2) is 0 Å². The third-order valence-corrected chi connectivity index (χ3v) is 4.58. The summed E-state index contributed by atoms with van der Waals surface area (Å²) < 4.78 is 0. The molecule has 2 rings (SSSR count). The first kappa shape index (κ1) is 18.0. The molecule has 0 bridgehead atoms. The zero-order valence-electron chi connectivity index (χ0n) is 13.6. The highest BCUT2D eigenvalue weighted by Crippen LogP contribution is 2.22. The number of anilines is 1. The van der Waals surface area contributed by atoms with Gasteiger partial charge in [0.05, 0.1) is 11.5 Å². The highest BCUT2D eigenvalue weighted by Gasteiger charge is 2.30. The molecule has 0 unspecified atom stereocenters. The lowest BCUT2D eigenvalue weighted by Gasteiger charge is -2.20. The van der Waals surface area contributed by atoms with E-state index in [4.69, 9.17) is 0 Å². The zero-order chi connectivity index (χ0) is 17.5. The van der Waals surface area contributed by atoms with E-state index >= 15 is 0 Å². The lowest BCUT2D eigenvalue weighted by Crippen LogP contribution is -2.31. The first-order valence-electron chi connectivity index (χ1n) is 7.66. The molecule has 1 aliphatic rings. The number of amidine groups is 1. The summed E-state index contributed by atoms with van der Waals surface area (Å²) in [5.74, 6) is -1.65. The number of thioether (sulfide) groups is 1. The highest BCUT2D eigenvalue weighted by atomic mass is 32.2. The molecule has 1 aromatic rings. The second kappa shape index (κ2) is 8.49. The first-order chi connectivity index (χ1) is 11.5. The van der Waals surface area contributed by atoms with Crippen molar-refractivity contribution in [2.75, 3.05) is 18.0 Å². The van der Waals surface area contributed by atoms with Gasteiger partial charge in [0.2, 0.25) is 5.91 Å². The summed E-state index contributed by atoms with van der Waals surface area (Å²) in [5.41, 5.74) is 2.03. The Labute approximate surface area is 144 Å². The minimum absolute atomic E-state index is 0.294. The number of amides is 1. The van der Waals surface area contributed by atoms with Gasteiger partial charge < -0.3 is 20.1 Å². The lowest BCUT2D eigenvalue weighted by molar-refractivity contribution is -0.305. The van der Waals surface area contributed by atoms with Crippen LogP contribution in [0.5, 0.6) is 0 Å². The smallest absolute Gasteiger partial charge is 0.239 e. The molecule has 1 amide bonds. The van der Waals surface area contributed by atoms with E-state index in [2.05, 4.69) is 34.3 Å². The molecule has 0 aliphatic carbocycles. The largest absolute Gasteiger partial charge is 0.550 e. The van der Waals surface area contributed by atoms with Crippen LogP contribution in [0.4, 0.5) is 5.69 Å². The summed E-state index contributed by atoms with van der Waals surface area (Å²) in [5, 5.41) is 20.5. The number of hydrogen-bond donors (Lipinski definition) is 1. The van der Waals surface area contributed by atoms with E-state index in [0.29, 0.717) is 5.17 Å². The summed E-state index contributed by atoms with van der Waals surface area (Å²) >= 11 is 1.04. The van der Waals surface area contributed by atoms with Crippen LogP contribution >= 0.6 is 11.8 Å². The van der Waals surface area contributed by atoms with Gasteiger partial charge in [0.1, 0.15) is 0 Å². The molecule has 1 atom stereocenters. The van der Waals surface area contributed by atoms with Crippen molar-refractivity contribution in [3.8, 4) is 0 Å². The Kier molecular flexibility index (Phi) is 6.36. The standard InChI is InChI=1S/C16H20N4O3S/c1-3-20(4-2)12-7-5-11(6-8-12)10-17-19-16-18-15(23)13(24-16)9-14(21)22/h5-8,10,13H,3-4,9H2,1-2H3,(H,21,22)(H,18,19,23)/p-1/b17-10-/t13-/m1/s1. The van der Waals surface area contributed by atoms with Gasteiger partial charge in [-0.05, 0) is 31.5 Å². The van der Waals surface area contributed by atoms with Crippen molar-refractivity contribution in [1.82, 2.24) is 5.32 Å². The average Bonchev–Trinajstić information content (AvgIpc) is 2.89. The van der Waals surface area contributed by atoms with E-state index in [1.54, 1.807) is 6.21 Å². The number of nitrogens with zero attached hydrogens (tertiary/aromatic N) is 3. The molecule has 0 saturated carbocycles. The van der Waals surface area contributed by atoms with Crippen LogP contribution in [0.25, 0.3) is 0 Å². The van der Waals surface area contributed by atoms with Crippen LogP contribution in [0.1, 0.15) is 25.8 Å². The Morgan fingerprint density at radius 2 is 2.00 bits per heavy atom. The Balaban J connectivity index is 1.96. The van der Waals surface area contributed by atoms with Crippen molar-refractivity contribution in [1.29, 1.82) is 0 Å². The van der Waals surface area contributed by atoms with E-state index in [1.807, 2.05) is 24.3 Å². The fraction of sp³-hybridized carbons (Fsp3) is 0.375. The van der Waals surface area contributed by atoms with Crippen LogP contribution < -0.4 is 15.3 Å². The molecule has 0 aromatic heterocycles. The van der Waals surface area contributed by atoms with E-state index < -0.39 is 11.2 Å². The monoisotopic (exact) mass is 347 g/mol. The molecule has 1 heterocycles. The predicted octanol–water partition coefficient (Wildman–Crippen LogP) is 0.594. The van der Waals surface area contributed by atoms with Crippen molar-refractivity contribution in [3.05, 3.63) is 29.8 Å². The van der Waals surface area contributed by atoms with Crippen LogP contribution in [0.3, 0.4) is 0 Å². The number of nitrogens with one attached hydrogen (secondary N) is 1. The Morgan fingerprint density at radius 1 is 1.33 bits per heavy atom. The van der Waals surface area contributed by atoms with Crippen LogP contribution in [0, 0.1) is 0 Å². The number of carboxylic acid groups (broad SMARTS) is 1. The van der Waals surface area contributed by atoms with Gasteiger partial charge in [-0.15, -0.1) is 5.10 Å². The minimum atomic E-state index is -1.26. The zero-order valence-corrected chi connectivity index (χ0v) is 14.4. The fourth-order valence-electron chi connectivity index (χ4n) is 2.25. The van der Waals surface area contributed by atoms with Crippen molar-refractivity contribution in [2.24, 2.45) is 10.2 Å². The Morgan fingerprint density at radius 3 is 2.58 bits per heavy atom. The molecule has 0 spiro atoms. The Hall–Kier alpha value is -2.35. The molecule has 1 aliphatic heterocycles. The predicted molar refractivity (Wildman–Crippen MR) is 94.2 cm³/mol. The van der Waals surface area contributed by atoms with E-state index in [1.165, 1.54) is 0 Å². The molecule has 128 valence electrons. The number of benzene rings is 1. The van der Waals surface area contributed by atoms with Gasteiger partial charge in [0.25, 0.3) is 0 Å². The normalized spacial score (nSPS) is 19.0. The second-order valence-corrected chi connectivity index (χ2v) is 6.28. The van der Waals surface area contributed by atoms with E-state index in [0.717, 1.165) is 36.1 Å². The van der Waals surface area contributed by atoms with Gasteiger partial charge in [-0.2, -0.15) is 5.10 Å². The van der Waals surface area contributed by atoms with Crippen molar-refractivity contribution < 1.29 is 14.7 Å². The van der Waals surface area contributed by atoms with E-state index in [9.17, 15) is 14.7 Å². The molecule has 1 aromatic carbocycles. The number of rotatable bonds is 7. The maximum absolute atomic E-state index is 11.6. The van der Waals surface area contributed by atoms with Crippen molar-refractivity contribution >= 4 is 40.7 Å². The second-order valence-electron chi connectivity index (χ2n) is 5.09. The highest BCUT2D eigenvalue weighted by molar-refractivity contribution is 8.15. The first-order valence-corrected chi connectivity index (χ1v) is 8.54. The van der Waals surface area contributed by atoms with Gasteiger partial charge in [0, 0.05) is 31.2 Å². The van der Waals surface area contributed by atoms with Crippen molar-refractivity contribution in [2.45, 2.75) is 25.5 Å². The average molecular weight is 347 g/mol. The topological polar surface area (TPSA) is 97.2 Å². The van der Waals surface area contributed by atoms with Crippen LogP contribution in [0.15, 0.2) is 34.5 Å². The van der Waals surface area contributed by atoms with Gasteiger partial charge in [0.15, 0.2) is 5.17 Å². The van der Waals surface area contributed by atoms with Gasteiger partial charge in [-0.1, -0.05) is 23.9 Å². The summed E-state index contributed by atoms with van der Waals surface area (Å²) in [6.07, 6.45) is 1.24. The van der Waals surface area contributed by atoms with Crippen LogP contribution in [-0.4, -0.2) is 41.6 Å². The molecular formula is C16H19N4O3S-. The maximum atomic E-state index is 11.6. The fourth-order valence-corrected chi connectivity index (χ4v) is 3.15. The third-order valence-electron chi connectivity index (χ3n) is 3.51. The van der Waals surface area contributed by atoms with Crippen molar-refractivity contribution in [3.63, 3.8) is 0 Å². The van der Waals surface area contributed by atoms with E-state index in [-0.39, 0.29) is 12.3 Å².